The molecule has 0 saturated heterocycles. The summed E-state index contributed by atoms with van der Waals surface area (Å²) in [5, 5.41) is 7.05. The van der Waals surface area contributed by atoms with Gasteiger partial charge in [-0.15, -0.1) is 0 Å². The van der Waals surface area contributed by atoms with Gasteiger partial charge in [0, 0.05) is 17.3 Å². The molecule has 0 radical (unpaired) electrons. The Morgan fingerprint density at radius 3 is 2.50 bits per heavy atom. The van der Waals surface area contributed by atoms with Crippen molar-refractivity contribution in [1.82, 2.24) is 10.6 Å². The zero-order valence-electron chi connectivity index (χ0n) is 11.4. The molecule has 2 aliphatic rings. The van der Waals surface area contributed by atoms with E-state index in [1.165, 1.54) is 31.4 Å². The van der Waals surface area contributed by atoms with Crippen molar-refractivity contribution >= 4 is 17.8 Å². The fraction of sp³-hybridized carbons (Fsp3) is 0.929. The highest BCUT2D eigenvalue weighted by Crippen LogP contribution is 2.29. The summed E-state index contributed by atoms with van der Waals surface area (Å²) in [5.74, 6) is 1.19. The maximum atomic E-state index is 11.9. The SMILES string of the molecule is CCSC1CCC(NC(=O)NC2CCCCC2)C1. The molecule has 2 aliphatic carbocycles. The lowest BCUT2D eigenvalue weighted by atomic mass is 9.96. The van der Waals surface area contributed by atoms with Gasteiger partial charge in [-0.05, 0) is 37.9 Å². The van der Waals surface area contributed by atoms with E-state index in [1.54, 1.807) is 0 Å². The molecule has 0 spiro atoms. The van der Waals surface area contributed by atoms with Crippen molar-refractivity contribution < 1.29 is 4.79 Å². The predicted molar refractivity (Wildman–Crippen MR) is 78.1 cm³/mol. The van der Waals surface area contributed by atoms with Crippen LogP contribution in [0.5, 0.6) is 0 Å². The van der Waals surface area contributed by atoms with E-state index < -0.39 is 0 Å². The lowest BCUT2D eigenvalue weighted by Gasteiger charge is -2.24. The van der Waals surface area contributed by atoms with E-state index in [0.29, 0.717) is 12.1 Å². The molecule has 2 N–H and O–H groups in total. The summed E-state index contributed by atoms with van der Waals surface area (Å²) in [6.45, 7) is 2.21. The minimum absolute atomic E-state index is 0.0639. The van der Waals surface area contributed by atoms with E-state index in [4.69, 9.17) is 0 Å². The van der Waals surface area contributed by atoms with Crippen molar-refractivity contribution in [1.29, 1.82) is 0 Å². The Kier molecular flexibility index (Phi) is 5.67. The molecule has 2 saturated carbocycles. The zero-order valence-corrected chi connectivity index (χ0v) is 12.2. The Morgan fingerprint density at radius 2 is 1.78 bits per heavy atom. The van der Waals surface area contributed by atoms with Crippen LogP contribution in [0, 0.1) is 0 Å². The van der Waals surface area contributed by atoms with Gasteiger partial charge in [0.2, 0.25) is 0 Å². The maximum absolute atomic E-state index is 11.9. The van der Waals surface area contributed by atoms with Crippen molar-refractivity contribution in [2.45, 2.75) is 75.6 Å². The summed E-state index contributed by atoms with van der Waals surface area (Å²) in [4.78, 5) is 11.9. The van der Waals surface area contributed by atoms with E-state index in [-0.39, 0.29) is 6.03 Å². The summed E-state index contributed by atoms with van der Waals surface area (Å²) in [6.07, 6.45) is 9.74. The second-order valence-corrected chi connectivity index (χ2v) is 7.12. The van der Waals surface area contributed by atoms with Gasteiger partial charge < -0.3 is 10.6 Å². The van der Waals surface area contributed by atoms with E-state index in [0.717, 1.165) is 30.9 Å². The first kappa shape index (κ1) is 14.0. The third-order valence-electron chi connectivity index (χ3n) is 4.06. The number of carbonyl (C=O) groups is 1. The molecular weight excluding hydrogens is 244 g/mol. The Hall–Kier alpha value is -0.380. The average Bonchev–Trinajstić information content (AvgIpc) is 2.78. The molecule has 0 aromatic rings. The number of carbonyl (C=O) groups excluding carboxylic acids is 1. The van der Waals surface area contributed by atoms with Crippen LogP contribution >= 0.6 is 11.8 Å². The number of urea groups is 1. The first-order valence-corrected chi connectivity index (χ1v) is 8.51. The van der Waals surface area contributed by atoms with Crippen molar-refractivity contribution in [3.8, 4) is 0 Å². The highest BCUT2D eigenvalue weighted by atomic mass is 32.2. The fourth-order valence-corrected chi connectivity index (χ4v) is 4.26. The molecule has 2 amide bonds. The second kappa shape index (κ2) is 7.27. The molecule has 0 aromatic heterocycles. The van der Waals surface area contributed by atoms with Crippen LogP contribution < -0.4 is 10.6 Å². The molecule has 2 rings (SSSR count). The Bertz CT molecular complexity index is 267. The molecule has 2 fully saturated rings. The molecule has 2 unspecified atom stereocenters. The minimum atomic E-state index is 0.0639. The van der Waals surface area contributed by atoms with Crippen molar-refractivity contribution in [2.75, 3.05) is 5.75 Å². The summed E-state index contributed by atoms with van der Waals surface area (Å²) >= 11 is 2.03. The van der Waals surface area contributed by atoms with Gasteiger partial charge in [-0.2, -0.15) is 11.8 Å². The number of hydrogen-bond donors (Lipinski definition) is 2. The third kappa shape index (κ3) is 4.38. The van der Waals surface area contributed by atoms with Gasteiger partial charge in [-0.1, -0.05) is 26.2 Å². The van der Waals surface area contributed by atoms with Crippen LogP contribution in [0.2, 0.25) is 0 Å². The summed E-state index contributed by atoms with van der Waals surface area (Å²) in [5.41, 5.74) is 0. The Morgan fingerprint density at radius 1 is 1.06 bits per heavy atom. The number of amides is 2. The van der Waals surface area contributed by atoms with E-state index in [9.17, 15) is 4.79 Å². The van der Waals surface area contributed by atoms with Crippen LogP contribution in [-0.4, -0.2) is 29.1 Å². The topological polar surface area (TPSA) is 41.1 Å². The van der Waals surface area contributed by atoms with Crippen molar-refractivity contribution in [3.63, 3.8) is 0 Å². The smallest absolute Gasteiger partial charge is 0.315 e. The molecule has 2 atom stereocenters. The molecule has 3 nitrogen and oxygen atoms in total. The predicted octanol–water partition coefficient (Wildman–Crippen LogP) is 3.29. The monoisotopic (exact) mass is 270 g/mol. The lowest BCUT2D eigenvalue weighted by molar-refractivity contribution is 0.229. The average molecular weight is 270 g/mol. The Labute approximate surface area is 115 Å². The van der Waals surface area contributed by atoms with Gasteiger partial charge in [0.25, 0.3) is 0 Å². The van der Waals surface area contributed by atoms with Crippen LogP contribution in [-0.2, 0) is 0 Å². The second-order valence-electron chi connectivity index (χ2n) is 5.54. The van der Waals surface area contributed by atoms with Gasteiger partial charge in [-0.25, -0.2) is 4.79 Å². The van der Waals surface area contributed by atoms with E-state index >= 15 is 0 Å². The van der Waals surface area contributed by atoms with Crippen LogP contribution in [0.1, 0.15) is 58.3 Å². The Balaban J connectivity index is 1.65. The quantitative estimate of drug-likeness (QED) is 0.823. The number of thioether (sulfide) groups is 1. The lowest BCUT2D eigenvalue weighted by Crippen LogP contribution is -2.46. The van der Waals surface area contributed by atoms with Crippen LogP contribution in [0.3, 0.4) is 0 Å². The molecule has 0 bridgehead atoms. The normalized spacial score (nSPS) is 29.2. The van der Waals surface area contributed by atoms with Crippen LogP contribution in [0.25, 0.3) is 0 Å². The van der Waals surface area contributed by atoms with Gasteiger partial charge in [0.1, 0.15) is 0 Å². The summed E-state index contributed by atoms with van der Waals surface area (Å²) in [6, 6.07) is 0.882. The van der Waals surface area contributed by atoms with Crippen LogP contribution in [0.15, 0.2) is 0 Å². The fourth-order valence-electron chi connectivity index (χ4n) is 3.12. The van der Waals surface area contributed by atoms with E-state index in [1.807, 2.05) is 11.8 Å². The van der Waals surface area contributed by atoms with Crippen molar-refractivity contribution in [2.24, 2.45) is 0 Å². The first-order chi connectivity index (χ1) is 8.78. The highest BCUT2D eigenvalue weighted by molar-refractivity contribution is 7.99. The molecule has 0 heterocycles. The molecule has 18 heavy (non-hydrogen) atoms. The van der Waals surface area contributed by atoms with E-state index in [2.05, 4.69) is 17.6 Å². The summed E-state index contributed by atoms with van der Waals surface area (Å²) in [7, 11) is 0. The first-order valence-electron chi connectivity index (χ1n) is 7.46. The number of hydrogen-bond acceptors (Lipinski definition) is 2. The summed E-state index contributed by atoms with van der Waals surface area (Å²) < 4.78 is 0. The molecule has 4 heteroatoms. The van der Waals surface area contributed by atoms with Gasteiger partial charge in [0.15, 0.2) is 0 Å². The third-order valence-corrected chi connectivity index (χ3v) is 5.30. The van der Waals surface area contributed by atoms with Gasteiger partial charge in [0.05, 0.1) is 0 Å². The minimum Gasteiger partial charge on any atom is -0.335 e. The standard InChI is InChI=1S/C14H26N2OS/c1-2-18-13-9-8-12(10-13)16-14(17)15-11-6-4-3-5-7-11/h11-13H,2-10H2,1H3,(H2,15,16,17). The maximum Gasteiger partial charge on any atom is 0.315 e. The highest BCUT2D eigenvalue weighted by Gasteiger charge is 2.26. The largest absolute Gasteiger partial charge is 0.335 e. The number of rotatable bonds is 4. The zero-order chi connectivity index (χ0) is 12.8. The van der Waals surface area contributed by atoms with Gasteiger partial charge in [-0.3, -0.25) is 0 Å². The van der Waals surface area contributed by atoms with Gasteiger partial charge >= 0.3 is 6.03 Å². The molecule has 104 valence electrons. The number of nitrogens with one attached hydrogen (secondary N) is 2. The molecular formula is C14H26N2OS. The molecule has 0 aliphatic heterocycles. The van der Waals surface area contributed by atoms with Crippen LogP contribution in [0.4, 0.5) is 4.79 Å². The molecule has 0 aromatic carbocycles. The van der Waals surface area contributed by atoms with Crippen molar-refractivity contribution in [3.05, 3.63) is 0 Å².